The molecule has 0 aliphatic carbocycles. The maximum absolute atomic E-state index is 12.5. The number of fused-ring (bicyclic) bond motifs is 1. The molecule has 0 unspecified atom stereocenters. The third-order valence-corrected chi connectivity index (χ3v) is 6.08. The molecule has 4 rings (SSSR count). The zero-order valence-corrected chi connectivity index (χ0v) is 18.2. The van der Waals surface area contributed by atoms with Crippen molar-refractivity contribution in [1.82, 2.24) is 4.72 Å². The Hall–Kier alpha value is -3.83. The highest BCUT2D eigenvalue weighted by molar-refractivity contribution is 7.89. The molecule has 3 aromatic rings. The van der Waals surface area contributed by atoms with Crippen molar-refractivity contribution in [2.75, 3.05) is 30.4 Å². The lowest BCUT2D eigenvalue weighted by Gasteiger charge is -2.18. The quantitative estimate of drug-likeness (QED) is 0.459. The second kappa shape index (κ2) is 9.76. The van der Waals surface area contributed by atoms with Crippen LogP contribution in [0.15, 0.2) is 70.2 Å². The summed E-state index contributed by atoms with van der Waals surface area (Å²) < 4.78 is 43.3. The van der Waals surface area contributed by atoms with Gasteiger partial charge in [-0.2, -0.15) is 0 Å². The zero-order chi connectivity index (χ0) is 23.3. The average Bonchev–Trinajstić information content (AvgIpc) is 3.34. The summed E-state index contributed by atoms with van der Waals surface area (Å²) in [5.74, 6) is 0.198. The molecule has 2 aromatic carbocycles. The molecule has 172 valence electrons. The Morgan fingerprint density at radius 1 is 0.879 bits per heavy atom. The lowest BCUT2D eigenvalue weighted by Crippen LogP contribution is -2.28. The molecule has 2 heterocycles. The summed E-state index contributed by atoms with van der Waals surface area (Å²) in [4.78, 5) is 24.4. The molecule has 1 aromatic heterocycles. The van der Waals surface area contributed by atoms with E-state index in [1.165, 1.54) is 30.5 Å². The predicted molar refractivity (Wildman–Crippen MR) is 119 cm³/mol. The molecule has 2 amide bonds. The van der Waals surface area contributed by atoms with E-state index in [4.69, 9.17) is 13.9 Å². The third kappa shape index (κ3) is 5.70. The highest BCUT2D eigenvalue weighted by Crippen LogP contribution is 2.32. The molecule has 0 radical (unpaired) electrons. The summed E-state index contributed by atoms with van der Waals surface area (Å²) in [6.07, 6.45) is 1.31. The van der Waals surface area contributed by atoms with Crippen LogP contribution in [0.5, 0.6) is 11.5 Å². The molecule has 0 saturated heterocycles. The number of benzene rings is 2. The molecule has 0 saturated carbocycles. The second-order valence-corrected chi connectivity index (χ2v) is 8.78. The number of ether oxygens (including phenoxy) is 2. The van der Waals surface area contributed by atoms with Crippen molar-refractivity contribution in [3.05, 3.63) is 66.6 Å². The third-order valence-electron chi connectivity index (χ3n) is 4.62. The minimum atomic E-state index is -3.83. The molecule has 0 fully saturated rings. The van der Waals surface area contributed by atoms with Crippen LogP contribution in [0.4, 0.5) is 11.4 Å². The number of rotatable bonds is 8. The fraction of sp³-hybridized carbons (Fsp3) is 0.182. The number of furan rings is 1. The molecule has 1 aliphatic heterocycles. The number of hydrogen-bond donors (Lipinski definition) is 3. The van der Waals surface area contributed by atoms with Crippen LogP contribution in [0.2, 0.25) is 0 Å². The van der Waals surface area contributed by atoms with Gasteiger partial charge in [-0.3, -0.25) is 9.59 Å². The van der Waals surface area contributed by atoms with Gasteiger partial charge in [0.05, 0.1) is 11.2 Å². The van der Waals surface area contributed by atoms with Crippen molar-refractivity contribution in [3.63, 3.8) is 0 Å². The van der Waals surface area contributed by atoms with Crippen molar-refractivity contribution in [2.45, 2.75) is 11.3 Å². The van der Waals surface area contributed by atoms with Gasteiger partial charge in [0.1, 0.15) is 13.2 Å². The van der Waals surface area contributed by atoms with E-state index in [2.05, 4.69) is 15.4 Å². The Balaban J connectivity index is 1.29. The van der Waals surface area contributed by atoms with E-state index < -0.39 is 21.8 Å². The minimum absolute atomic E-state index is 0.0205. The second-order valence-electron chi connectivity index (χ2n) is 7.01. The van der Waals surface area contributed by atoms with E-state index in [0.717, 1.165) is 0 Å². The number of hydrogen-bond acceptors (Lipinski definition) is 7. The smallest absolute Gasteiger partial charge is 0.291 e. The highest BCUT2D eigenvalue weighted by Gasteiger charge is 2.19. The summed E-state index contributed by atoms with van der Waals surface area (Å²) >= 11 is 0. The minimum Gasteiger partial charge on any atom is -0.486 e. The first kappa shape index (κ1) is 22.4. The molecule has 3 N–H and O–H groups in total. The van der Waals surface area contributed by atoms with Crippen LogP contribution in [0.25, 0.3) is 0 Å². The van der Waals surface area contributed by atoms with Gasteiger partial charge in [0, 0.05) is 30.4 Å². The number of carbonyl (C=O) groups is 2. The maximum Gasteiger partial charge on any atom is 0.291 e. The summed E-state index contributed by atoms with van der Waals surface area (Å²) in [7, 11) is -3.83. The molecule has 10 nitrogen and oxygen atoms in total. The van der Waals surface area contributed by atoms with E-state index in [-0.39, 0.29) is 23.6 Å². The largest absolute Gasteiger partial charge is 0.486 e. The van der Waals surface area contributed by atoms with Crippen LogP contribution in [-0.2, 0) is 14.8 Å². The standard InChI is InChI=1S/C22H21N3O7S/c26-21(24-15-3-1-4-16(13-15)25-22(27)19-5-2-10-30-19)8-9-23-33(28,29)17-6-7-18-20(14-17)32-12-11-31-18/h1-7,10,13-14,23H,8-9,11-12H2,(H,24,26)(H,25,27). The van der Waals surface area contributed by atoms with Crippen molar-refractivity contribution < 1.29 is 31.9 Å². The van der Waals surface area contributed by atoms with Gasteiger partial charge in [-0.1, -0.05) is 6.07 Å². The Bertz CT molecular complexity index is 1260. The van der Waals surface area contributed by atoms with Gasteiger partial charge in [-0.15, -0.1) is 0 Å². The van der Waals surface area contributed by atoms with E-state index >= 15 is 0 Å². The van der Waals surface area contributed by atoms with Crippen LogP contribution >= 0.6 is 0 Å². The van der Waals surface area contributed by atoms with Gasteiger partial charge < -0.3 is 24.5 Å². The first-order valence-corrected chi connectivity index (χ1v) is 11.5. The number of sulfonamides is 1. The number of nitrogens with one attached hydrogen (secondary N) is 3. The lowest BCUT2D eigenvalue weighted by molar-refractivity contribution is -0.116. The summed E-state index contributed by atoms with van der Waals surface area (Å²) in [5, 5.41) is 5.34. The van der Waals surface area contributed by atoms with Crippen molar-refractivity contribution in [3.8, 4) is 11.5 Å². The summed E-state index contributed by atoms with van der Waals surface area (Å²) in [5.41, 5.74) is 0.917. The van der Waals surface area contributed by atoms with Crippen molar-refractivity contribution in [2.24, 2.45) is 0 Å². The zero-order valence-electron chi connectivity index (χ0n) is 17.4. The first-order chi connectivity index (χ1) is 15.9. The van der Waals surface area contributed by atoms with Crippen LogP contribution < -0.4 is 24.8 Å². The van der Waals surface area contributed by atoms with Gasteiger partial charge in [0.2, 0.25) is 15.9 Å². The van der Waals surface area contributed by atoms with Crippen molar-refractivity contribution >= 4 is 33.2 Å². The monoisotopic (exact) mass is 471 g/mol. The van der Waals surface area contributed by atoms with Gasteiger partial charge in [0.25, 0.3) is 5.91 Å². The van der Waals surface area contributed by atoms with Gasteiger partial charge >= 0.3 is 0 Å². The maximum atomic E-state index is 12.5. The van der Waals surface area contributed by atoms with Crippen LogP contribution in [-0.4, -0.2) is 40.0 Å². The molecule has 1 aliphatic rings. The molecular formula is C22H21N3O7S. The normalized spacial score (nSPS) is 12.7. The van der Waals surface area contributed by atoms with E-state index in [9.17, 15) is 18.0 Å². The average molecular weight is 471 g/mol. The fourth-order valence-corrected chi connectivity index (χ4v) is 4.12. The predicted octanol–water partition coefficient (Wildman–Crippen LogP) is 2.61. The van der Waals surface area contributed by atoms with Crippen LogP contribution in [0, 0.1) is 0 Å². The number of amides is 2. The fourth-order valence-electron chi connectivity index (χ4n) is 3.07. The molecule has 11 heteroatoms. The highest BCUT2D eigenvalue weighted by atomic mass is 32.2. The molecule has 0 atom stereocenters. The van der Waals surface area contributed by atoms with E-state index in [1.54, 1.807) is 30.3 Å². The molecule has 0 bridgehead atoms. The SMILES string of the molecule is O=C(CCNS(=O)(=O)c1ccc2c(c1)OCCO2)Nc1cccc(NC(=O)c2ccco2)c1. The Morgan fingerprint density at radius 3 is 2.39 bits per heavy atom. The van der Waals surface area contributed by atoms with Crippen LogP contribution in [0.3, 0.4) is 0 Å². The number of anilines is 2. The summed E-state index contributed by atoms with van der Waals surface area (Å²) in [6, 6.07) is 14.0. The summed E-state index contributed by atoms with van der Waals surface area (Å²) in [6.45, 7) is 0.654. The Kier molecular flexibility index (Phi) is 6.61. The van der Waals surface area contributed by atoms with Gasteiger partial charge in [-0.25, -0.2) is 13.1 Å². The van der Waals surface area contributed by atoms with E-state index in [0.29, 0.717) is 36.1 Å². The van der Waals surface area contributed by atoms with Gasteiger partial charge in [-0.05, 0) is 42.5 Å². The van der Waals surface area contributed by atoms with E-state index in [1.807, 2.05) is 0 Å². The molecule has 0 spiro atoms. The topological polar surface area (TPSA) is 136 Å². The Morgan fingerprint density at radius 2 is 1.64 bits per heavy atom. The van der Waals surface area contributed by atoms with Crippen molar-refractivity contribution in [1.29, 1.82) is 0 Å². The van der Waals surface area contributed by atoms with Crippen LogP contribution in [0.1, 0.15) is 17.0 Å². The first-order valence-electron chi connectivity index (χ1n) is 10.0. The van der Waals surface area contributed by atoms with Gasteiger partial charge in [0.15, 0.2) is 17.3 Å². The lowest BCUT2D eigenvalue weighted by atomic mass is 10.2. The molecule has 33 heavy (non-hydrogen) atoms. The molecular weight excluding hydrogens is 450 g/mol. The number of carbonyl (C=O) groups excluding carboxylic acids is 2. The Labute approximate surface area is 189 Å².